The van der Waals surface area contributed by atoms with E-state index in [1.54, 1.807) is 25.8 Å². The molecule has 0 spiro atoms. The monoisotopic (exact) mass is 425 g/mol. The van der Waals surface area contributed by atoms with Gasteiger partial charge in [0, 0.05) is 46.2 Å². The predicted octanol–water partition coefficient (Wildman–Crippen LogP) is 0.0648. The van der Waals surface area contributed by atoms with Gasteiger partial charge in [0.25, 0.3) is 0 Å². The average Bonchev–Trinajstić information content (AvgIpc) is 3.22. The smallest absolute Gasteiger partial charge is 0.309 e. The average molecular weight is 425 g/mol. The van der Waals surface area contributed by atoms with E-state index in [2.05, 4.69) is 10.2 Å². The zero-order valence-corrected chi connectivity index (χ0v) is 17.3. The summed E-state index contributed by atoms with van der Waals surface area (Å²) in [5.74, 6) is -0.143. The Hall–Kier alpha value is -2.80. The van der Waals surface area contributed by atoms with Crippen LogP contribution in [-0.4, -0.2) is 74.2 Å². The van der Waals surface area contributed by atoms with Gasteiger partial charge in [-0.25, -0.2) is 8.42 Å². The number of nitrogens with zero attached hydrogens (tertiary/aromatic N) is 7. The van der Waals surface area contributed by atoms with Crippen LogP contribution in [0, 0.1) is 24.0 Å². The number of aromatic nitrogens is 4. The SMILES string of the molecule is Cc1nn(CCC(=O)N2CCN(S(=O)(=O)c3cnn(C)c3C)CC2)cc1[N+](=O)[O-]. The predicted molar refractivity (Wildman–Crippen MR) is 102 cm³/mol. The molecule has 1 aliphatic heterocycles. The maximum absolute atomic E-state index is 12.8. The molecule has 3 heterocycles. The van der Waals surface area contributed by atoms with Gasteiger partial charge < -0.3 is 4.90 Å². The molecule has 2 aromatic heterocycles. The molecule has 1 saturated heterocycles. The minimum absolute atomic E-state index is 0.0815. The summed E-state index contributed by atoms with van der Waals surface area (Å²) in [5.41, 5.74) is 0.779. The van der Waals surface area contributed by atoms with Gasteiger partial charge in [-0.2, -0.15) is 14.5 Å². The number of hydrogen-bond donors (Lipinski definition) is 0. The van der Waals surface area contributed by atoms with Crippen LogP contribution in [0.4, 0.5) is 5.69 Å². The van der Waals surface area contributed by atoms with Crippen molar-refractivity contribution in [1.29, 1.82) is 0 Å². The molecule has 0 atom stereocenters. The highest BCUT2D eigenvalue weighted by Crippen LogP contribution is 2.21. The van der Waals surface area contributed by atoms with Crippen molar-refractivity contribution in [1.82, 2.24) is 28.8 Å². The molecule has 1 amide bonds. The first-order valence-electron chi connectivity index (χ1n) is 9.06. The summed E-state index contributed by atoms with van der Waals surface area (Å²) in [6, 6.07) is 0. The van der Waals surface area contributed by atoms with Gasteiger partial charge in [0.1, 0.15) is 16.8 Å². The zero-order chi connectivity index (χ0) is 21.3. The minimum Gasteiger partial charge on any atom is -0.340 e. The molecule has 158 valence electrons. The van der Waals surface area contributed by atoms with E-state index in [1.165, 1.54) is 26.1 Å². The second kappa shape index (κ2) is 7.91. The van der Waals surface area contributed by atoms with Crippen molar-refractivity contribution < 1.29 is 18.1 Å². The number of piperazine rings is 1. The first-order valence-corrected chi connectivity index (χ1v) is 10.5. The van der Waals surface area contributed by atoms with Crippen molar-refractivity contribution >= 4 is 21.6 Å². The molecule has 0 aliphatic carbocycles. The molecule has 0 N–H and O–H groups in total. The third kappa shape index (κ3) is 4.15. The van der Waals surface area contributed by atoms with Crippen molar-refractivity contribution in [3.63, 3.8) is 0 Å². The molecule has 1 fully saturated rings. The summed E-state index contributed by atoms with van der Waals surface area (Å²) in [5, 5.41) is 18.9. The summed E-state index contributed by atoms with van der Waals surface area (Å²) in [4.78, 5) is 24.6. The van der Waals surface area contributed by atoms with Crippen molar-refractivity contribution in [2.45, 2.75) is 31.7 Å². The molecule has 0 aromatic carbocycles. The van der Waals surface area contributed by atoms with Gasteiger partial charge in [-0.3, -0.25) is 24.3 Å². The Morgan fingerprint density at radius 1 is 1.24 bits per heavy atom. The van der Waals surface area contributed by atoms with Crippen molar-refractivity contribution in [3.05, 3.63) is 33.9 Å². The fourth-order valence-electron chi connectivity index (χ4n) is 3.22. The van der Waals surface area contributed by atoms with E-state index in [-0.39, 0.29) is 55.6 Å². The highest BCUT2D eigenvalue weighted by atomic mass is 32.2. The molecule has 12 nitrogen and oxygen atoms in total. The Balaban J connectivity index is 1.56. The highest BCUT2D eigenvalue weighted by molar-refractivity contribution is 7.89. The van der Waals surface area contributed by atoms with E-state index >= 15 is 0 Å². The molecular weight excluding hydrogens is 402 g/mol. The molecule has 13 heteroatoms. The lowest BCUT2D eigenvalue weighted by Crippen LogP contribution is -2.50. The lowest BCUT2D eigenvalue weighted by atomic mass is 10.3. The van der Waals surface area contributed by atoms with Crippen molar-refractivity contribution in [2.24, 2.45) is 7.05 Å². The molecule has 2 aromatic rings. The van der Waals surface area contributed by atoms with Crippen LogP contribution in [-0.2, 0) is 28.4 Å². The fourth-order valence-corrected chi connectivity index (χ4v) is 4.83. The number of rotatable bonds is 6. The summed E-state index contributed by atoms with van der Waals surface area (Å²) >= 11 is 0. The van der Waals surface area contributed by atoms with Crippen molar-refractivity contribution in [3.8, 4) is 0 Å². The summed E-state index contributed by atoms with van der Waals surface area (Å²) in [7, 11) is -1.97. The highest BCUT2D eigenvalue weighted by Gasteiger charge is 2.32. The van der Waals surface area contributed by atoms with E-state index < -0.39 is 14.9 Å². The topological polar surface area (TPSA) is 136 Å². The third-order valence-electron chi connectivity index (χ3n) is 5.07. The van der Waals surface area contributed by atoms with Crippen LogP contribution in [0.2, 0.25) is 0 Å². The molecule has 29 heavy (non-hydrogen) atoms. The van der Waals surface area contributed by atoms with Crippen molar-refractivity contribution in [2.75, 3.05) is 26.2 Å². The van der Waals surface area contributed by atoms with Gasteiger partial charge >= 0.3 is 5.69 Å². The van der Waals surface area contributed by atoms with Gasteiger partial charge in [0.2, 0.25) is 15.9 Å². The van der Waals surface area contributed by atoms with Crippen LogP contribution >= 0.6 is 0 Å². The fraction of sp³-hybridized carbons (Fsp3) is 0.562. The Bertz CT molecular complexity index is 1030. The lowest BCUT2D eigenvalue weighted by Gasteiger charge is -2.34. The van der Waals surface area contributed by atoms with Crippen LogP contribution in [0.25, 0.3) is 0 Å². The molecule has 1 aliphatic rings. The number of carbonyl (C=O) groups is 1. The number of aryl methyl sites for hydroxylation is 3. The minimum atomic E-state index is -3.65. The van der Waals surface area contributed by atoms with Crippen LogP contribution in [0.1, 0.15) is 17.8 Å². The summed E-state index contributed by atoms with van der Waals surface area (Å²) in [6.07, 6.45) is 2.78. The van der Waals surface area contributed by atoms with Gasteiger partial charge in [-0.15, -0.1) is 0 Å². The zero-order valence-electron chi connectivity index (χ0n) is 16.5. The Labute approximate surface area is 167 Å². The van der Waals surface area contributed by atoms with Crippen LogP contribution in [0.15, 0.2) is 17.3 Å². The standard InChI is InChI=1S/C16H23N7O5S/c1-12-14(23(25)26)11-21(18-12)5-4-16(24)20-6-8-22(9-7-20)29(27,28)15-10-17-19(3)13(15)2/h10-11H,4-9H2,1-3H3. The number of hydrogen-bond acceptors (Lipinski definition) is 7. The summed E-state index contributed by atoms with van der Waals surface area (Å²) < 4.78 is 29.9. The number of nitro groups is 1. The second-order valence-electron chi connectivity index (χ2n) is 6.87. The maximum atomic E-state index is 12.8. The normalized spacial score (nSPS) is 15.6. The Kier molecular flexibility index (Phi) is 5.71. The Morgan fingerprint density at radius 2 is 1.90 bits per heavy atom. The van der Waals surface area contributed by atoms with Crippen LogP contribution < -0.4 is 0 Å². The van der Waals surface area contributed by atoms with E-state index in [1.807, 2.05) is 0 Å². The van der Waals surface area contributed by atoms with E-state index in [4.69, 9.17) is 0 Å². The number of sulfonamides is 1. The third-order valence-corrected chi connectivity index (χ3v) is 7.07. The molecule has 3 rings (SSSR count). The van der Waals surface area contributed by atoms with E-state index in [9.17, 15) is 23.3 Å². The van der Waals surface area contributed by atoms with Crippen LogP contribution in [0.5, 0.6) is 0 Å². The largest absolute Gasteiger partial charge is 0.340 e. The molecule has 0 radical (unpaired) electrons. The lowest BCUT2D eigenvalue weighted by molar-refractivity contribution is -0.385. The molecular formula is C16H23N7O5S. The van der Waals surface area contributed by atoms with Crippen LogP contribution in [0.3, 0.4) is 0 Å². The van der Waals surface area contributed by atoms with Gasteiger partial charge in [-0.05, 0) is 13.8 Å². The first-order chi connectivity index (χ1) is 13.6. The van der Waals surface area contributed by atoms with E-state index in [0.717, 1.165) is 0 Å². The quantitative estimate of drug-likeness (QED) is 0.471. The van der Waals surface area contributed by atoms with Gasteiger partial charge in [0.05, 0.1) is 16.8 Å². The molecule has 0 bridgehead atoms. The second-order valence-corrected chi connectivity index (χ2v) is 8.78. The molecule has 0 saturated carbocycles. The van der Waals surface area contributed by atoms with Gasteiger partial charge in [-0.1, -0.05) is 0 Å². The maximum Gasteiger partial charge on any atom is 0.309 e. The number of carbonyl (C=O) groups excluding carboxylic acids is 1. The Morgan fingerprint density at radius 3 is 2.41 bits per heavy atom. The number of amides is 1. The van der Waals surface area contributed by atoms with E-state index in [0.29, 0.717) is 11.4 Å². The summed E-state index contributed by atoms with van der Waals surface area (Å²) in [6.45, 7) is 4.44. The molecule has 0 unspecified atom stereocenters. The first kappa shape index (κ1) is 20.9. The van der Waals surface area contributed by atoms with Gasteiger partial charge in [0.15, 0.2) is 0 Å².